The summed E-state index contributed by atoms with van der Waals surface area (Å²) in [6.45, 7) is 2.19. The maximum Gasteiger partial charge on any atom is 0.416 e. The van der Waals surface area contributed by atoms with Crippen molar-refractivity contribution in [3.05, 3.63) is 124 Å². The average Bonchev–Trinajstić information content (AvgIpc) is 3.39. The lowest BCUT2D eigenvalue weighted by atomic mass is 9.91. The average molecular weight is 592 g/mol. The molecule has 216 valence electrons. The van der Waals surface area contributed by atoms with E-state index in [2.05, 4.69) is 0 Å². The first-order chi connectivity index (χ1) is 20.2. The lowest BCUT2D eigenvalue weighted by Gasteiger charge is -2.37. The van der Waals surface area contributed by atoms with E-state index >= 15 is 0 Å². The summed E-state index contributed by atoms with van der Waals surface area (Å²) >= 11 is 1.30. The number of rotatable bonds is 8. The van der Waals surface area contributed by atoms with Gasteiger partial charge in [0, 0.05) is 24.9 Å². The van der Waals surface area contributed by atoms with Crippen LogP contribution in [0.4, 0.5) is 13.2 Å². The van der Waals surface area contributed by atoms with Crippen LogP contribution in [0.15, 0.2) is 107 Å². The number of nitrogens with zero attached hydrogens (tertiary/aromatic N) is 3. The largest absolute Gasteiger partial charge is 0.463 e. The first-order valence-electron chi connectivity index (χ1n) is 13.3. The van der Waals surface area contributed by atoms with Crippen LogP contribution in [0.5, 0.6) is 0 Å². The highest BCUT2D eigenvalue weighted by atomic mass is 32.2. The molecule has 0 aliphatic carbocycles. The quantitative estimate of drug-likeness (QED) is 0.263. The van der Waals surface area contributed by atoms with Crippen LogP contribution in [-0.4, -0.2) is 40.5 Å². The summed E-state index contributed by atoms with van der Waals surface area (Å²) < 4.78 is 45.8. The number of alkyl halides is 3. The first-order valence-corrected chi connectivity index (χ1v) is 14.2. The van der Waals surface area contributed by atoms with Gasteiger partial charge in [0.25, 0.3) is 0 Å². The van der Waals surface area contributed by atoms with E-state index in [1.165, 1.54) is 23.9 Å². The number of hydrogen-bond donors (Lipinski definition) is 0. The number of halogens is 3. The van der Waals surface area contributed by atoms with E-state index in [9.17, 15) is 22.8 Å². The Kier molecular flexibility index (Phi) is 8.54. The lowest BCUT2D eigenvalue weighted by Crippen LogP contribution is -2.38. The number of fused-ring (bicyclic) bond motifs is 1. The van der Waals surface area contributed by atoms with Crippen LogP contribution in [0.3, 0.4) is 0 Å². The third kappa shape index (κ3) is 6.13. The van der Waals surface area contributed by atoms with Gasteiger partial charge in [-0.3, -0.25) is 4.79 Å². The monoisotopic (exact) mass is 591 g/mol. The van der Waals surface area contributed by atoms with Crippen LogP contribution < -0.4 is 0 Å². The van der Waals surface area contributed by atoms with Crippen LogP contribution in [0.1, 0.15) is 41.6 Å². The number of aliphatic imine (C=N–C) groups is 1. The molecular weight excluding hydrogens is 563 g/mol. The molecule has 10 heteroatoms. The van der Waals surface area contributed by atoms with E-state index in [-0.39, 0.29) is 24.5 Å². The number of carbonyl (C=O) groups excluding carboxylic acids is 2. The molecule has 42 heavy (non-hydrogen) atoms. The Bertz CT molecular complexity index is 1550. The Morgan fingerprint density at radius 3 is 2.24 bits per heavy atom. The van der Waals surface area contributed by atoms with Crippen molar-refractivity contribution in [1.82, 2.24) is 9.80 Å². The fraction of sp³-hybridized carbons (Fsp3) is 0.219. The number of amides is 1. The molecule has 0 radical (unpaired) electrons. The van der Waals surface area contributed by atoms with Crippen molar-refractivity contribution in [2.24, 2.45) is 4.99 Å². The Labute approximate surface area is 246 Å². The van der Waals surface area contributed by atoms with Crippen LogP contribution in [0.25, 0.3) is 5.70 Å². The molecule has 0 spiro atoms. The second kappa shape index (κ2) is 12.3. The molecule has 3 aromatic carbocycles. The summed E-state index contributed by atoms with van der Waals surface area (Å²) in [6, 6.07) is 22.5. The summed E-state index contributed by atoms with van der Waals surface area (Å²) in [5, 5.41) is 2.32. The van der Waals surface area contributed by atoms with Gasteiger partial charge in [-0.15, -0.1) is 0 Å². The molecule has 0 fully saturated rings. The number of ether oxygens (including phenoxy) is 1. The fourth-order valence-corrected chi connectivity index (χ4v) is 5.81. The highest BCUT2D eigenvalue weighted by Crippen LogP contribution is 2.47. The third-order valence-electron chi connectivity index (χ3n) is 6.93. The van der Waals surface area contributed by atoms with Crippen molar-refractivity contribution in [3.8, 4) is 0 Å². The Balaban J connectivity index is 1.56. The summed E-state index contributed by atoms with van der Waals surface area (Å²) in [4.78, 5) is 35.1. The van der Waals surface area contributed by atoms with Crippen molar-refractivity contribution in [1.29, 1.82) is 0 Å². The molecule has 2 aliphatic rings. The topological polar surface area (TPSA) is 62.2 Å². The lowest BCUT2D eigenvalue weighted by molar-refractivity contribution is -0.139. The van der Waals surface area contributed by atoms with Gasteiger partial charge >= 0.3 is 12.1 Å². The van der Waals surface area contributed by atoms with Gasteiger partial charge < -0.3 is 14.5 Å². The maximum atomic E-state index is 13.6. The van der Waals surface area contributed by atoms with Crippen LogP contribution in [0.2, 0.25) is 0 Å². The highest BCUT2D eigenvalue weighted by Gasteiger charge is 2.43. The molecule has 2 heterocycles. The molecule has 2 aliphatic heterocycles. The van der Waals surface area contributed by atoms with Gasteiger partial charge in [0.1, 0.15) is 0 Å². The predicted octanol–water partition coefficient (Wildman–Crippen LogP) is 7.03. The maximum absolute atomic E-state index is 13.6. The summed E-state index contributed by atoms with van der Waals surface area (Å²) in [5.41, 5.74) is 2.42. The minimum absolute atomic E-state index is 0.00324. The second-order valence-electron chi connectivity index (χ2n) is 9.77. The molecule has 5 rings (SSSR count). The van der Waals surface area contributed by atoms with Gasteiger partial charge in [0.15, 0.2) is 5.17 Å². The molecule has 6 nitrogen and oxygen atoms in total. The van der Waals surface area contributed by atoms with Crippen LogP contribution in [0, 0.1) is 0 Å². The number of hydrogen-bond acceptors (Lipinski definition) is 6. The molecule has 1 amide bonds. The normalized spacial score (nSPS) is 16.5. The SMILES string of the molecule is CCOC(=O)C1=C(c2ccccc2)N=C2SC=C(CC(=O)N(C)Cc3ccccc3)N2C1c1ccc(C(F)(F)F)cc1. The standard InChI is InChI=1S/C32H28F3N3O3S/c1-3-41-30(40)27-28(22-12-8-5-9-13-22)36-31-38(29(27)23-14-16-24(17-15-23)32(33,34)35)25(20-42-31)18-26(39)37(2)19-21-10-6-4-7-11-21/h4-17,20,29H,3,18-19H2,1-2H3. The Hall–Kier alpha value is -4.31. The summed E-state index contributed by atoms with van der Waals surface area (Å²) in [5.74, 6) is -0.790. The van der Waals surface area contributed by atoms with Crippen LogP contribution in [-0.2, 0) is 27.0 Å². The van der Waals surface area contributed by atoms with Gasteiger partial charge in [-0.2, -0.15) is 13.2 Å². The number of carbonyl (C=O) groups is 2. The molecular formula is C32H28F3N3O3S. The number of esters is 1. The highest BCUT2D eigenvalue weighted by molar-refractivity contribution is 8.16. The molecule has 0 aromatic heterocycles. The predicted molar refractivity (Wildman–Crippen MR) is 157 cm³/mol. The van der Waals surface area contributed by atoms with Crippen LogP contribution >= 0.6 is 11.8 Å². The van der Waals surface area contributed by atoms with E-state index in [0.29, 0.717) is 34.2 Å². The Morgan fingerprint density at radius 1 is 0.976 bits per heavy atom. The smallest absolute Gasteiger partial charge is 0.416 e. The van der Waals surface area contributed by atoms with Gasteiger partial charge in [-0.1, -0.05) is 84.6 Å². The van der Waals surface area contributed by atoms with Crippen molar-refractivity contribution in [2.45, 2.75) is 32.1 Å². The number of amidine groups is 1. The fourth-order valence-electron chi connectivity index (χ4n) is 4.89. The van der Waals surface area contributed by atoms with Crippen molar-refractivity contribution in [3.63, 3.8) is 0 Å². The van der Waals surface area contributed by atoms with Gasteiger partial charge in [-0.25, -0.2) is 9.79 Å². The van der Waals surface area contributed by atoms with E-state index in [1.807, 2.05) is 60.7 Å². The molecule has 0 bridgehead atoms. The number of benzene rings is 3. The molecule has 1 unspecified atom stereocenters. The molecule has 0 saturated carbocycles. The zero-order valence-corrected chi connectivity index (χ0v) is 23.8. The minimum Gasteiger partial charge on any atom is -0.463 e. The summed E-state index contributed by atoms with van der Waals surface area (Å²) in [6.07, 6.45) is -4.51. The molecule has 0 saturated heterocycles. The minimum atomic E-state index is -4.52. The molecule has 3 aromatic rings. The third-order valence-corrected chi connectivity index (χ3v) is 7.82. The van der Waals surface area contributed by atoms with Gasteiger partial charge in [0.05, 0.1) is 35.9 Å². The van der Waals surface area contributed by atoms with Gasteiger partial charge in [0.2, 0.25) is 5.91 Å². The van der Waals surface area contributed by atoms with Crippen molar-refractivity contribution in [2.75, 3.05) is 13.7 Å². The molecule has 1 atom stereocenters. The van der Waals surface area contributed by atoms with E-state index < -0.39 is 23.8 Å². The zero-order valence-electron chi connectivity index (χ0n) is 23.0. The Morgan fingerprint density at radius 2 is 1.62 bits per heavy atom. The van der Waals surface area contributed by atoms with Crippen molar-refractivity contribution < 1.29 is 27.5 Å². The first kappa shape index (κ1) is 29.2. The molecule has 0 N–H and O–H groups in total. The van der Waals surface area contributed by atoms with Crippen molar-refractivity contribution >= 4 is 34.5 Å². The second-order valence-corrected chi connectivity index (χ2v) is 10.6. The summed E-state index contributed by atoms with van der Waals surface area (Å²) in [7, 11) is 1.72. The van der Waals surface area contributed by atoms with E-state index in [4.69, 9.17) is 9.73 Å². The zero-order chi connectivity index (χ0) is 29.9. The van der Waals surface area contributed by atoms with E-state index in [0.717, 1.165) is 17.7 Å². The number of thioether (sulfide) groups is 1. The van der Waals surface area contributed by atoms with Gasteiger partial charge in [-0.05, 0) is 35.6 Å². The van der Waals surface area contributed by atoms with E-state index in [1.54, 1.807) is 29.2 Å².